The molecular formula is C12H17BrN2O. The Morgan fingerprint density at radius 1 is 1.44 bits per heavy atom. The van der Waals surface area contributed by atoms with Gasteiger partial charge in [-0.1, -0.05) is 28.8 Å². The highest BCUT2D eigenvalue weighted by Gasteiger charge is 2.23. The summed E-state index contributed by atoms with van der Waals surface area (Å²) >= 11 is 3.79. The molecule has 0 radical (unpaired) electrons. The van der Waals surface area contributed by atoms with Crippen molar-refractivity contribution < 1.29 is 4.74 Å². The summed E-state index contributed by atoms with van der Waals surface area (Å²) in [5, 5.41) is 0. The Morgan fingerprint density at radius 2 is 2.19 bits per heavy atom. The lowest BCUT2D eigenvalue weighted by Crippen LogP contribution is -2.14. The van der Waals surface area contributed by atoms with Crippen LogP contribution in [0.2, 0.25) is 0 Å². The van der Waals surface area contributed by atoms with Crippen molar-refractivity contribution in [2.24, 2.45) is 5.92 Å². The van der Waals surface area contributed by atoms with Crippen molar-refractivity contribution in [1.82, 2.24) is 9.97 Å². The summed E-state index contributed by atoms with van der Waals surface area (Å²) in [6.45, 7) is 0. The molecule has 0 aromatic carbocycles. The predicted molar refractivity (Wildman–Crippen MR) is 67.0 cm³/mol. The molecule has 88 valence electrons. The van der Waals surface area contributed by atoms with Crippen LogP contribution in [0.5, 0.6) is 5.88 Å². The van der Waals surface area contributed by atoms with Crippen LogP contribution in [0.4, 0.5) is 0 Å². The van der Waals surface area contributed by atoms with Crippen molar-refractivity contribution in [3.8, 4) is 5.88 Å². The third-order valence-electron chi connectivity index (χ3n) is 3.22. The largest absolute Gasteiger partial charge is 0.481 e. The minimum Gasteiger partial charge on any atom is -0.481 e. The number of aromatic nitrogens is 2. The van der Waals surface area contributed by atoms with Crippen LogP contribution in [0.15, 0.2) is 12.4 Å². The molecule has 0 spiro atoms. The molecule has 0 bridgehead atoms. The highest BCUT2D eigenvalue weighted by molar-refractivity contribution is 9.09. The number of alkyl halides is 1. The highest BCUT2D eigenvalue weighted by atomic mass is 79.9. The van der Waals surface area contributed by atoms with E-state index in [0.717, 1.165) is 18.0 Å². The molecule has 1 fully saturated rings. The van der Waals surface area contributed by atoms with E-state index in [-0.39, 0.29) is 0 Å². The zero-order chi connectivity index (χ0) is 11.4. The molecule has 1 unspecified atom stereocenters. The van der Waals surface area contributed by atoms with Gasteiger partial charge in [0.1, 0.15) is 6.33 Å². The van der Waals surface area contributed by atoms with E-state index < -0.39 is 0 Å². The summed E-state index contributed by atoms with van der Waals surface area (Å²) in [5.41, 5.74) is 1.06. The van der Waals surface area contributed by atoms with Gasteiger partial charge >= 0.3 is 0 Å². The van der Waals surface area contributed by atoms with Gasteiger partial charge in [0.15, 0.2) is 0 Å². The first-order valence-corrected chi connectivity index (χ1v) is 6.70. The van der Waals surface area contributed by atoms with E-state index in [1.807, 2.05) is 6.07 Å². The van der Waals surface area contributed by atoms with Crippen molar-refractivity contribution in [2.45, 2.75) is 36.9 Å². The van der Waals surface area contributed by atoms with Crippen molar-refractivity contribution in [2.75, 3.05) is 7.11 Å². The van der Waals surface area contributed by atoms with Gasteiger partial charge in [-0.05, 0) is 18.8 Å². The fourth-order valence-corrected chi connectivity index (χ4v) is 3.15. The quantitative estimate of drug-likeness (QED) is 0.798. The number of hydrogen-bond acceptors (Lipinski definition) is 3. The van der Waals surface area contributed by atoms with Gasteiger partial charge in [-0.25, -0.2) is 9.97 Å². The predicted octanol–water partition coefficient (Wildman–Crippen LogP) is 2.98. The Morgan fingerprint density at radius 3 is 2.88 bits per heavy atom. The maximum atomic E-state index is 5.10. The van der Waals surface area contributed by atoms with Gasteiger partial charge < -0.3 is 4.74 Å². The molecule has 1 aliphatic rings. The summed E-state index contributed by atoms with van der Waals surface area (Å²) in [4.78, 5) is 8.83. The number of nitrogens with zero attached hydrogens (tertiary/aromatic N) is 2. The molecular weight excluding hydrogens is 268 g/mol. The van der Waals surface area contributed by atoms with E-state index in [0.29, 0.717) is 10.7 Å². The molecule has 0 saturated heterocycles. The molecule has 1 aromatic rings. The minimum absolute atomic E-state index is 0.537. The number of rotatable bonds is 4. The summed E-state index contributed by atoms with van der Waals surface area (Å²) in [6, 6.07) is 1.92. The van der Waals surface area contributed by atoms with Crippen LogP contribution in [-0.4, -0.2) is 21.9 Å². The standard InChI is InChI=1S/C12H17BrN2O/c1-16-12-7-10(14-8-15-12)6-11(13)9-4-2-3-5-9/h7-9,11H,2-6H2,1H3. The highest BCUT2D eigenvalue weighted by Crippen LogP contribution is 2.32. The second kappa shape index (κ2) is 5.62. The van der Waals surface area contributed by atoms with Gasteiger partial charge in [0, 0.05) is 23.0 Å². The molecule has 0 N–H and O–H groups in total. The van der Waals surface area contributed by atoms with E-state index in [2.05, 4.69) is 25.9 Å². The van der Waals surface area contributed by atoms with Crippen LogP contribution < -0.4 is 4.74 Å². The minimum atomic E-state index is 0.537. The first-order chi connectivity index (χ1) is 7.79. The van der Waals surface area contributed by atoms with E-state index in [1.54, 1.807) is 13.4 Å². The fourth-order valence-electron chi connectivity index (χ4n) is 2.29. The SMILES string of the molecule is COc1cc(CC(Br)C2CCCC2)ncn1. The Balaban J connectivity index is 1.96. The number of halogens is 1. The Hall–Kier alpha value is -0.640. The first-order valence-electron chi connectivity index (χ1n) is 5.78. The van der Waals surface area contributed by atoms with E-state index >= 15 is 0 Å². The van der Waals surface area contributed by atoms with Crippen LogP contribution in [0, 0.1) is 5.92 Å². The van der Waals surface area contributed by atoms with Crippen molar-refractivity contribution in [3.63, 3.8) is 0 Å². The van der Waals surface area contributed by atoms with Crippen LogP contribution >= 0.6 is 15.9 Å². The summed E-state index contributed by atoms with van der Waals surface area (Å²) in [5.74, 6) is 1.46. The van der Waals surface area contributed by atoms with Gasteiger partial charge in [-0.2, -0.15) is 0 Å². The number of methoxy groups -OCH3 is 1. The topological polar surface area (TPSA) is 35.0 Å². The van der Waals surface area contributed by atoms with E-state index in [9.17, 15) is 0 Å². The molecule has 1 saturated carbocycles. The Labute approximate surface area is 105 Å². The molecule has 0 aliphatic heterocycles. The third-order valence-corrected chi connectivity index (χ3v) is 4.29. The first kappa shape index (κ1) is 11.8. The average molecular weight is 285 g/mol. The Bertz CT molecular complexity index is 340. The summed E-state index contributed by atoms with van der Waals surface area (Å²) in [6.07, 6.45) is 7.97. The molecule has 2 rings (SSSR count). The smallest absolute Gasteiger partial charge is 0.216 e. The van der Waals surface area contributed by atoms with E-state index in [4.69, 9.17) is 4.74 Å². The van der Waals surface area contributed by atoms with Crippen LogP contribution in [-0.2, 0) is 6.42 Å². The fraction of sp³-hybridized carbons (Fsp3) is 0.667. The summed E-state index contributed by atoms with van der Waals surface area (Å²) in [7, 11) is 1.63. The average Bonchev–Trinajstić information content (AvgIpc) is 2.83. The van der Waals surface area contributed by atoms with E-state index in [1.165, 1.54) is 25.7 Å². The lowest BCUT2D eigenvalue weighted by atomic mass is 10.0. The molecule has 16 heavy (non-hydrogen) atoms. The van der Waals surface area contributed by atoms with Gasteiger partial charge in [0.05, 0.1) is 7.11 Å². The van der Waals surface area contributed by atoms with Gasteiger partial charge in [0.2, 0.25) is 5.88 Å². The summed E-state index contributed by atoms with van der Waals surface area (Å²) < 4.78 is 5.10. The molecule has 1 aromatic heterocycles. The molecule has 4 heteroatoms. The molecule has 0 amide bonds. The maximum absolute atomic E-state index is 5.10. The molecule has 3 nitrogen and oxygen atoms in total. The Kier molecular flexibility index (Phi) is 4.16. The monoisotopic (exact) mass is 284 g/mol. The van der Waals surface area contributed by atoms with Crippen LogP contribution in [0.3, 0.4) is 0 Å². The van der Waals surface area contributed by atoms with Crippen molar-refractivity contribution in [1.29, 1.82) is 0 Å². The normalized spacial score (nSPS) is 18.6. The van der Waals surface area contributed by atoms with Crippen LogP contribution in [0.25, 0.3) is 0 Å². The maximum Gasteiger partial charge on any atom is 0.216 e. The van der Waals surface area contributed by atoms with Gasteiger partial charge in [-0.15, -0.1) is 0 Å². The van der Waals surface area contributed by atoms with Crippen molar-refractivity contribution in [3.05, 3.63) is 18.1 Å². The molecule has 1 aliphatic carbocycles. The van der Waals surface area contributed by atoms with Gasteiger partial charge in [-0.3, -0.25) is 0 Å². The lowest BCUT2D eigenvalue weighted by Gasteiger charge is -2.16. The van der Waals surface area contributed by atoms with Crippen LogP contribution in [0.1, 0.15) is 31.4 Å². The molecule has 1 heterocycles. The third kappa shape index (κ3) is 2.94. The zero-order valence-corrected chi connectivity index (χ0v) is 11.1. The number of ether oxygens (including phenoxy) is 1. The van der Waals surface area contributed by atoms with Gasteiger partial charge in [0.25, 0.3) is 0 Å². The molecule has 1 atom stereocenters. The van der Waals surface area contributed by atoms with Crippen molar-refractivity contribution >= 4 is 15.9 Å². The second-order valence-electron chi connectivity index (χ2n) is 4.32. The lowest BCUT2D eigenvalue weighted by molar-refractivity contribution is 0.395. The zero-order valence-electron chi connectivity index (χ0n) is 9.53. The second-order valence-corrected chi connectivity index (χ2v) is 5.49. The number of hydrogen-bond donors (Lipinski definition) is 0.